The first-order chi connectivity index (χ1) is 8.56. The minimum atomic E-state index is -0.305. The van der Waals surface area contributed by atoms with Crippen molar-refractivity contribution in [3.05, 3.63) is 29.3 Å². The summed E-state index contributed by atoms with van der Waals surface area (Å²) >= 11 is 0. The number of primary amides is 1. The van der Waals surface area contributed by atoms with E-state index in [4.69, 9.17) is 5.73 Å². The van der Waals surface area contributed by atoms with E-state index in [1.165, 1.54) is 16.8 Å². The van der Waals surface area contributed by atoms with Gasteiger partial charge in [-0.15, -0.1) is 0 Å². The average molecular weight is 247 g/mol. The van der Waals surface area contributed by atoms with Gasteiger partial charge in [-0.2, -0.15) is 0 Å². The van der Waals surface area contributed by atoms with Gasteiger partial charge >= 0.3 is 6.03 Å². The first kappa shape index (κ1) is 12.7. The van der Waals surface area contributed by atoms with Gasteiger partial charge in [0.1, 0.15) is 0 Å². The maximum Gasteiger partial charge on any atom is 0.314 e. The molecule has 98 valence electrons. The molecule has 1 saturated heterocycles. The Morgan fingerprint density at radius 2 is 2.00 bits per heavy atom. The Balaban J connectivity index is 1.95. The number of hydrogen-bond donors (Lipinski definition) is 2. The van der Waals surface area contributed by atoms with Crippen LogP contribution in [0.25, 0.3) is 0 Å². The number of carbonyl (C=O) groups excluding carboxylic acids is 1. The molecule has 1 aromatic rings. The molecule has 1 aliphatic heterocycles. The first-order valence-electron chi connectivity index (χ1n) is 6.44. The molecule has 4 nitrogen and oxygen atoms in total. The number of anilines is 1. The molecule has 1 aromatic carbocycles. The summed E-state index contributed by atoms with van der Waals surface area (Å²) in [6.45, 7) is 5.70. The summed E-state index contributed by atoms with van der Waals surface area (Å²) in [5.74, 6) is 0. The van der Waals surface area contributed by atoms with Crippen LogP contribution >= 0.6 is 0 Å². The number of rotatable bonds is 2. The normalized spacial score (nSPS) is 16.7. The van der Waals surface area contributed by atoms with Gasteiger partial charge in [0.05, 0.1) is 0 Å². The lowest BCUT2D eigenvalue weighted by Gasteiger charge is -2.32. The number of nitrogens with zero attached hydrogens (tertiary/aromatic N) is 1. The highest BCUT2D eigenvalue weighted by Crippen LogP contribution is 2.21. The molecule has 0 spiro atoms. The lowest BCUT2D eigenvalue weighted by molar-refractivity contribution is 0.193. The van der Waals surface area contributed by atoms with Crippen LogP contribution in [0.4, 0.5) is 10.5 Å². The molecule has 0 aliphatic carbocycles. The fourth-order valence-electron chi connectivity index (χ4n) is 2.36. The summed E-state index contributed by atoms with van der Waals surface area (Å²) in [6, 6.07) is 6.56. The summed E-state index contributed by atoms with van der Waals surface area (Å²) < 4.78 is 0. The lowest BCUT2D eigenvalue weighted by atomic mass is 10.0. The van der Waals surface area contributed by atoms with Crippen LogP contribution in [0.5, 0.6) is 0 Å². The van der Waals surface area contributed by atoms with E-state index < -0.39 is 0 Å². The number of amides is 2. The Kier molecular flexibility index (Phi) is 3.75. The minimum Gasteiger partial charge on any atom is -0.382 e. The molecule has 2 rings (SSSR count). The molecule has 2 amide bonds. The fourth-order valence-corrected chi connectivity index (χ4v) is 2.36. The molecule has 0 bridgehead atoms. The Morgan fingerprint density at radius 1 is 1.33 bits per heavy atom. The number of likely N-dealkylation sites (tertiary alicyclic amines) is 1. The Labute approximate surface area is 108 Å². The number of nitrogens with two attached hydrogens (primary N) is 1. The van der Waals surface area contributed by atoms with Crippen LogP contribution in [0.1, 0.15) is 24.0 Å². The minimum absolute atomic E-state index is 0.305. The highest BCUT2D eigenvalue weighted by Gasteiger charge is 2.21. The van der Waals surface area contributed by atoms with Gasteiger partial charge in [-0.3, -0.25) is 0 Å². The third-order valence-corrected chi connectivity index (χ3v) is 3.56. The molecular weight excluding hydrogens is 226 g/mol. The summed E-state index contributed by atoms with van der Waals surface area (Å²) in [5, 5.41) is 3.57. The van der Waals surface area contributed by atoms with Crippen molar-refractivity contribution in [3.8, 4) is 0 Å². The topological polar surface area (TPSA) is 58.4 Å². The van der Waals surface area contributed by atoms with Crippen LogP contribution in [0.15, 0.2) is 18.2 Å². The van der Waals surface area contributed by atoms with Crippen molar-refractivity contribution in [2.75, 3.05) is 18.4 Å². The van der Waals surface area contributed by atoms with E-state index in [1.807, 2.05) is 0 Å². The number of benzene rings is 1. The standard InChI is InChI=1S/C14H21N3O/c1-10-3-4-11(2)13(9-10)16-12-5-7-17(8-6-12)14(15)18/h3-4,9,12,16H,5-8H2,1-2H3,(H2,15,18). The number of piperidine rings is 1. The first-order valence-corrected chi connectivity index (χ1v) is 6.44. The van der Waals surface area contributed by atoms with Crippen LogP contribution in [0, 0.1) is 13.8 Å². The molecule has 4 heteroatoms. The maximum absolute atomic E-state index is 11.0. The SMILES string of the molecule is Cc1ccc(C)c(NC2CCN(C(N)=O)CC2)c1. The number of hydrogen-bond acceptors (Lipinski definition) is 2. The molecule has 1 heterocycles. The second-order valence-corrected chi connectivity index (χ2v) is 5.06. The van der Waals surface area contributed by atoms with E-state index in [-0.39, 0.29) is 6.03 Å². The highest BCUT2D eigenvalue weighted by molar-refractivity contribution is 5.72. The molecular formula is C14H21N3O. The van der Waals surface area contributed by atoms with E-state index in [9.17, 15) is 4.79 Å². The summed E-state index contributed by atoms with van der Waals surface area (Å²) in [5.41, 5.74) is 9.00. The van der Waals surface area contributed by atoms with Crippen molar-refractivity contribution in [3.63, 3.8) is 0 Å². The quantitative estimate of drug-likeness (QED) is 0.842. The average Bonchev–Trinajstić information content (AvgIpc) is 2.34. The summed E-state index contributed by atoms with van der Waals surface area (Å²) in [7, 11) is 0. The van der Waals surface area contributed by atoms with Crippen molar-refractivity contribution >= 4 is 11.7 Å². The molecule has 0 radical (unpaired) electrons. The Bertz CT molecular complexity index is 437. The number of aryl methyl sites for hydroxylation is 2. The van der Waals surface area contributed by atoms with E-state index in [2.05, 4.69) is 37.4 Å². The van der Waals surface area contributed by atoms with Gasteiger partial charge < -0.3 is 16.0 Å². The number of urea groups is 1. The molecule has 0 aromatic heterocycles. The van der Waals surface area contributed by atoms with Gasteiger partial charge in [0.25, 0.3) is 0 Å². The zero-order chi connectivity index (χ0) is 13.1. The largest absolute Gasteiger partial charge is 0.382 e. The molecule has 18 heavy (non-hydrogen) atoms. The Morgan fingerprint density at radius 3 is 2.61 bits per heavy atom. The smallest absolute Gasteiger partial charge is 0.314 e. The van der Waals surface area contributed by atoms with Crippen LogP contribution in [-0.4, -0.2) is 30.1 Å². The van der Waals surface area contributed by atoms with Gasteiger partial charge in [-0.05, 0) is 43.9 Å². The molecule has 3 N–H and O–H groups in total. The van der Waals surface area contributed by atoms with Crippen molar-refractivity contribution in [2.24, 2.45) is 5.73 Å². The lowest BCUT2D eigenvalue weighted by Crippen LogP contribution is -2.44. The third kappa shape index (κ3) is 2.94. The Hall–Kier alpha value is -1.71. The van der Waals surface area contributed by atoms with Gasteiger partial charge in [0.15, 0.2) is 0 Å². The molecule has 1 fully saturated rings. The van der Waals surface area contributed by atoms with Gasteiger partial charge in [0.2, 0.25) is 0 Å². The zero-order valence-corrected chi connectivity index (χ0v) is 11.1. The summed E-state index contributed by atoms with van der Waals surface area (Å²) in [6.07, 6.45) is 1.91. The van der Waals surface area contributed by atoms with Crippen molar-refractivity contribution in [2.45, 2.75) is 32.7 Å². The van der Waals surface area contributed by atoms with Gasteiger partial charge in [-0.25, -0.2) is 4.79 Å². The number of nitrogens with one attached hydrogen (secondary N) is 1. The van der Waals surface area contributed by atoms with E-state index in [1.54, 1.807) is 4.90 Å². The highest BCUT2D eigenvalue weighted by atomic mass is 16.2. The van der Waals surface area contributed by atoms with Crippen LogP contribution in [0.3, 0.4) is 0 Å². The molecule has 1 aliphatic rings. The predicted molar refractivity (Wildman–Crippen MR) is 73.7 cm³/mol. The van der Waals surface area contributed by atoms with E-state index in [0.29, 0.717) is 6.04 Å². The van der Waals surface area contributed by atoms with Crippen molar-refractivity contribution in [1.82, 2.24) is 4.90 Å². The van der Waals surface area contributed by atoms with Crippen LogP contribution < -0.4 is 11.1 Å². The monoisotopic (exact) mass is 247 g/mol. The van der Waals surface area contributed by atoms with Gasteiger partial charge in [0, 0.05) is 24.8 Å². The zero-order valence-electron chi connectivity index (χ0n) is 11.1. The maximum atomic E-state index is 11.0. The molecule has 0 unspecified atom stereocenters. The fraction of sp³-hybridized carbons (Fsp3) is 0.500. The van der Waals surface area contributed by atoms with Gasteiger partial charge in [-0.1, -0.05) is 12.1 Å². The van der Waals surface area contributed by atoms with E-state index in [0.717, 1.165) is 25.9 Å². The van der Waals surface area contributed by atoms with Crippen LogP contribution in [-0.2, 0) is 0 Å². The summed E-state index contributed by atoms with van der Waals surface area (Å²) in [4.78, 5) is 12.8. The second kappa shape index (κ2) is 5.29. The van der Waals surface area contributed by atoms with Crippen molar-refractivity contribution in [1.29, 1.82) is 0 Å². The van der Waals surface area contributed by atoms with E-state index >= 15 is 0 Å². The third-order valence-electron chi connectivity index (χ3n) is 3.56. The second-order valence-electron chi connectivity index (χ2n) is 5.06. The molecule has 0 atom stereocenters. The van der Waals surface area contributed by atoms with Crippen molar-refractivity contribution < 1.29 is 4.79 Å². The number of carbonyl (C=O) groups is 1. The van der Waals surface area contributed by atoms with Crippen LogP contribution in [0.2, 0.25) is 0 Å². The predicted octanol–water partition coefficient (Wildman–Crippen LogP) is 2.26. The molecule has 0 saturated carbocycles.